The first-order chi connectivity index (χ1) is 4.91. The maximum absolute atomic E-state index is 2.31. The molecule has 0 amide bonds. The van der Waals surface area contributed by atoms with Gasteiger partial charge in [0.1, 0.15) is 0 Å². The zero-order valence-corrected chi connectivity index (χ0v) is 10.3. The molecule has 0 aromatic rings. The second kappa shape index (κ2) is 9.99. The summed E-state index contributed by atoms with van der Waals surface area (Å²) < 4.78 is 2.14. The van der Waals surface area contributed by atoms with Crippen LogP contribution in [0.4, 0.5) is 0 Å². The molecule has 2 heteroatoms. The zero-order chi connectivity index (χ0) is 7.66. The molecule has 0 radical (unpaired) electrons. The van der Waals surface area contributed by atoms with Crippen molar-refractivity contribution in [2.75, 3.05) is 0 Å². The Morgan fingerprint density at radius 2 is 2.10 bits per heavy atom. The minimum absolute atomic E-state index is 0.787. The third-order valence-corrected chi connectivity index (χ3v) is 4.51. The van der Waals surface area contributed by atoms with Crippen LogP contribution < -0.4 is 0 Å². The fraction of sp³-hybridized carbons (Fsp3) is 0.750. The summed E-state index contributed by atoms with van der Waals surface area (Å²) in [4.78, 5) is 2.31. The Morgan fingerprint density at radius 1 is 1.30 bits per heavy atom. The summed E-state index contributed by atoms with van der Waals surface area (Å²) >= 11 is 3.08. The van der Waals surface area contributed by atoms with Gasteiger partial charge in [0.05, 0.1) is 0 Å². The van der Waals surface area contributed by atoms with Gasteiger partial charge in [0.2, 0.25) is 0 Å². The van der Waals surface area contributed by atoms with Gasteiger partial charge in [-0.1, -0.05) is 0 Å². The summed E-state index contributed by atoms with van der Waals surface area (Å²) in [6, 6.07) is 0. The van der Waals surface area contributed by atoms with E-state index in [9.17, 15) is 0 Å². The fourth-order valence-corrected chi connectivity index (χ4v) is 3.01. The average Bonchev–Trinajstić information content (AvgIpc) is 1.97. The van der Waals surface area contributed by atoms with Crippen molar-refractivity contribution < 1.29 is 0 Å². The van der Waals surface area contributed by atoms with Crippen LogP contribution >= 0.6 is 22.6 Å². The minimum atomic E-state index is 0.787. The number of hydrogen-bond acceptors (Lipinski definition) is 0. The third kappa shape index (κ3) is 8.99. The van der Waals surface area contributed by atoms with Gasteiger partial charge in [-0.05, 0) is 0 Å². The Kier molecular flexibility index (Phi) is 11.0. The molecule has 0 saturated carbocycles. The van der Waals surface area contributed by atoms with Gasteiger partial charge < -0.3 is 0 Å². The van der Waals surface area contributed by atoms with E-state index in [4.69, 9.17) is 0 Å². The molecule has 0 aliphatic carbocycles. The van der Waals surface area contributed by atoms with Crippen LogP contribution in [-0.2, 0) is 0 Å². The fourth-order valence-electron chi connectivity index (χ4n) is 0.717. The van der Waals surface area contributed by atoms with E-state index in [0.717, 1.165) is 15.0 Å². The molecular weight excluding hydrogens is 302 g/mol. The van der Waals surface area contributed by atoms with Gasteiger partial charge in [0, 0.05) is 0 Å². The van der Waals surface area contributed by atoms with E-state index in [-0.39, 0.29) is 0 Å². The van der Waals surface area contributed by atoms with Crippen LogP contribution in [0, 0.1) is 0 Å². The summed E-state index contributed by atoms with van der Waals surface area (Å²) in [5.41, 5.74) is 0. The molecule has 0 aliphatic rings. The average molecular weight is 317 g/mol. The van der Waals surface area contributed by atoms with E-state index in [1.807, 2.05) is 0 Å². The molecule has 10 heavy (non-hydrogen) atoms. The van der Waals surface area contributed by atoms with Gasteiger partial charge in [0.25, 0.3) is 0 Å². The molecule has 0 unspecified atom stereocenters. The summed E-state index contributed by atoms with van der Waals surface area (Å²) in [5.74, 6) is 0. The van der Waals surface area contributed by atoms with Crippen molar-refractivity contribution in [1.82, 2.24) is 0 Å². The standard InChI is InChI=1S/C8H15ISe/c1-2-3-4-5-7-10-8-6-9/h6,8H,2-5,7H2,1H3/b8-6+. The molecule has 0 rings (SSSR count). The number of halogens is 1. The van der Waals surface area contributed by atoms with Gasteiger partial charge in [-0.15, -0.1) is 0 Å². The number of unbranched alkanes of at least 4 members (excludes halogenated alkanes) is 3. The van der Waals surface area contributed by atoms with Crippen molar-refractivity contribution in [3.63, 3.8) is 0 Å². The Morgan fingerprint density at radius 3 is 2.70 bits per heavy atom. The molecule has 0 aromatic carbocycles. The first-order valence-electron chi connectivity index (χ1n) is 3.78. The monoisotopic (exact) mass is 318 g/mol. The predicted octanol–water partition coefficient (Wildman–Crippen LogP) is 3.60. The van der Waals surface area contributed by atoms with Crippen molar-refractivity contribution >= 4 is 37.5 Å². The molecule has 0 saturated heterocycles. The van der Waals surface area contributed by atoms with Crippen LogP contribution in [0.5, 0.6) is 0 Å². The quantitative estimate of drug-likeness (QED) is 0.399. The van der Waals surface area contributed by atoms with Crippen molar-refractivity contribution in [1.29, 1.82) is 0 Å². The van der Waals surface area contributed by atoms with Crippen LogP contribution in [0.25, 0.3) is 0 Å². The van der Waals surface area contributed by atoms with E-state index in [0.29, 0.717) is 0 Å². The summed E-state index contributed by atoms with van der Waals surface area (Å²) in [5, 5.41) is 1.44. The van der Waals surface area contributed by atoms with Gasteiger partial charge in [0.15, 0.2) is 0 Å². The van der Waals surface area contributed by atoms with Gasteiger partial charge in [-0.3, -0.25) is 0 Å². The van der Waals surface area contributed by atoms with Gasteiger partial charge in [-0.2, -0.15) is 0 Å². The SMILES string of the molecule is CCCCCC[Se]/C=C/I. The summed E-state index contributed by atoms with van der Waals surface area (Å²) in [6.07, 6.45) is 5.65. The number of hydrogen-bond donors (Lipinski definition) is 0. The molecule has 0 aliphatic heterocycles. The van der Waals surface area contributed by atoms with Crippen molar-refractivity contribution in [2.45, 2.75) is 37.9 Å². The van der Waals surface area contributed by atoms with Crippen molar-refractivity contribution in [3.05, 3.63) is 9.06 Å². The van der Waals surface area contributed by atoms with Crippen molar-refractivity contribution in [2.24, 2.45) is 0 Å². The summed E-state index contributed by atoms with van der Waals surface area (Å²) in [7, 11) is 0. The molecule has 0 heterocycles. The molecule has 60 valence electrons. The first-order valence-corrected chi connectivity index (χ1v) is 7.23. The van der Waals surface area contributed by atoms with E-state index in [1.54, 1.807) is 0 Å². The Balaban J connectivity index is 2.77. The second-order valence-corrected chi connectivity index (χ2v) is 5.04. The zero-order valence-electron chi connectivity index (χ0n) is 6.48. The molecule has 0 spiro atoms. The van der Waals surface area contributed by atoms with Gasteiger partial charge >= 0.3 is 84.5 Å². The Labute approximate surface area is 84.1 Å². The van der Waals surface area contributed by atoms with Crippen LogP contribution in [0.2, 0.25) is 5.32 Å². The van der Waals surface area contributed by atoms with E-state index in [2.05, 4.69) is 38.6 Å². The topological polar surface area (TPSA) is 0 Å². The van der Waals surface area contributed by atoms with E-state index in [1.165, 1.54) is 31.0 Å². The molecule has 0 nitrogen and oxygen atoms in total. The third-order valence-electron chi connectivity index (χ3n) is 1.26. The normalized spacial score (nSPS) is 11.0. The second-order valence-electron chi connectivity index (χ2n) is 2.19. The first kappa shape index (κ1) is 11.0. The Bertz CT molecular complexity index is 81.3. The maximum atomic E-state index is 2.31. The molecule has 0 bridgehead atoms. The van der Waals surface area contributed by atoms with Crippen LogP contribution in [0.1, 0.15) is 32.6 Å². The molecule has 0 fully saturated rings. The number of rotatable bonds is 6. The van der Waals surface area contributed by atoms with E-state index < -0.39 is 0 Å². The van der Waals surface area contributed by atoms with Crippen LogP contribution in [0.3, 0.4) is 0 Å². The predicted molar refractivity (Wildman–Crippen MR) is 57.9 cm³/mol. The molecule has 0 N–H and O–H groups in total. The summed E-state index contributed by atoms with van der Waals surface area (Å²) in [6.45, 7) is 2.26. The van der Waals surface area contributed by atoms with Gasteiger partial charge in [-0.25, -0.2) is 0 Å². The molecule has 0 atom stereocenters. The Hall–Kier alpha value is 0.989. The van der Waals surface area contributed by atoms with E-state index >= 15 is 0 Å². The molecular formula is C8H15ISe. The molecule has 0 aromatic heterocycles. The van der Waals surface area contributed by atoms with Crippen LogP contribution in [-0.4, -0.2) is 15.0 Å². The van der Waals surface area contributed by atoms with Crippen LogP contribution in [0.15, 0.2) is 9.06 Å². The van der Waals surface area contributed by atoms with Crippen molar-refractivity contribution in [3.8, 4) is 0 Å².